The van der Waals surface area contributed by atoms with Crippen LogP contribution in [-0.2, 0) is 4.79 Å². The number of hydrogen-bond acceptors (Lipinski definition) is 2. The van der Waals surface area contributed by atoms with Crippen LogP contribution in [0.3, 0.4) is 0 Å². The van der Waals surface area contributed by atoms with Crippen molar-refractivity contribution in [3.63, 3.8) is 0 Å². The summed E-state index contributed by atoms with van der Waals surface area (Å²) >= 11 is 0. The first-order valence-electron chi connectivity index (χ1n) is 6.06. The zero-order valence-electron chi connectivity index (χ0n) is 10.1. The number of carbonyl (C=O) groups excluding carboxylic acids is 1. The summed E-state index contributed by atoms with van der Waals surface area (Å²) in [4.78, 5) is 13.4. The van der Waals surface area contributed by atoms with Gasteiger partial charge in [0.05, 0.1) is 6.10 Å². The lowest BCUT2D eigenvalue weighted by atomic mass is 10.1. The summed E-state index contributed by atoms with van der Waals surface area (Å²) < 4.78 is 13.3. The largest absolute Gasteiger partial charge is 0.391 e. The van der Waals surface area contributed by atoms with E-state index in [1.54, 1.807) is 23.1 Å². The van der Waals surface area contributed by atoms with Crippen molar-refractivity contribution in [3.05, 3.63) is 41.7 Å². The highest BCUT2D eigenvalue weighted by Crippen LogP contribution is 2.12. The number of aliphatic hydroxyl groups excluding tert-OH is 1. The van der Waals surface area contributed by atoms with Gasteiger partial charge in [-0.2, -0.15) is 0 Å². The summed E-state index contributed by atoms with van der Waals surface area (Å²) in [6.07, 6.45) is 3.93. The van der Waals surface area contributed by atoms with Gasteiger partial charge in [-0.25, -0.2) is 4.39 Å². The Bertz CT molecular complexity index is 459. The molecule has 1 atom stereocenters. The lowest BCUT2D eigenvalue weighted by Gasteiger charge is -2.29. The Morgan fingerprint density at radius 1 is 1.44 bits per heavy atom. The van der Waals surface area contributed by atoms with Gasteiger partial charge in [0.1, 0.15) is 5.82 Å². The molecule has 4 heteroatoms. The number of hydrogen-bond donors (Lipinski definition) is 1. The third-order valence-corrected chi connectivity index (χ3v) is 3.02. The summed E-state index contributed by atoms with van der Waals surface area (Å²) in [7, 11) is 0. The molecule has 1 N–H and O–H groups in total. The first-order valence-corrected chi connectivity index (χ1v) is 6.06. The van der Waals surface area contributed by atoms with E-state index in [0.29, 0.717) is 18.7 Å². The van der Waals surface area contributed by atoms with Gasteiger partial charge in [-0.15, -0.1) is 0 Å². The maximum atomic E-state index is 13.3. The van der Waals surface area contributed by atoms with Crippen LogP contribution >= 0.6 is 0 Å². The smallest absolute Gasteiger partial charge is 0.246 e. The lowest BCUT2D eigenvalue weighted by Crippen LogP contribution is -2.41. The number of piperidine rings is 1. The van der Waals surface area contributed by atoms with E-state index in [1.165, 1.54) is 18.2 Å². The molecule has 1 aromatic rings. The van der Waals surface area contributed by atoms with Gasteiger partial charge >= 0.3 is 0 Å². The second kappa shape index (κ2) is 5.78. The van der Waals surface area contributed by atoms with Gasteiger partial charge in [-0.3, -0.25) is 4.79 Å². The monoisotopic (exact) mass is 249 g/mol. The minimum absolute atomic E-state index is 0.183. The van der Waals surface area contributed by atoms with Crippen molar-refractivity contribution in [1.29, 1.82) is 0 Å². The third-order valence-electron chi connectivity index (χ3n) is 3.02. The van der Waals surface area contributed by atoms with Crippen molar-refractivity contribution in [2.75, 3.05) is 13.1 Å². The van der Waals surface area contributed by atoms with Crippen LogP contribution in [0.5, 0.6) is 0 Å². The quantitative estimate of drug-likeness (QED) is 0.812. The Kier molecular flexibility index (Phi) is 4.10. The minimum Gasteiger partial charge on any atom is -0.391 e. The highest BCUT2D eigenvalue weighted by atomic mass is 19.1. The summed E-state index contributed by atoms with van der Waals surface area (Å²) in [5.41, 5.74) is 0.392. The highest BCUT2D eigenvalue weighted by Gasteiger charge is 2.20. The van der Waals surface area contributed by atoms with E-state index < -0.39 is 6.10 Å². The number of carbonyl (C=O) groups is 1. The maximum Gasteiger partial charge on any atom is 0.246 e. The molecule has 1 saturated heterocycles. The van der Waals surface area contributed by atoms with E-state index >= 15 is 0 Å². The van der Waals surface area contributed by atoms with Crippen molar-refractivity contribution in [2.45, 2.75) is 18.9 Å². The maximum absolute atomic E-state index is 13.3. The predicted octanol–water partition coefficient (Wildman–Crippen LogP) is 1.82. The molecule has 1 amide bonds. The first-order chi connectivity index (χ1) is 8.66. The van der Waals surface area contributed by atoms with E-state index in [2.05, 4.69) is 0 Å². The van der Waals surface area contributed by atoms with Crippen molar-refractivity contribution in [3.8, 4) is 0 Å². The van der Waals surface area contributed by atoms with Crippen LogP contribution in [0.4, 0.5) is 4.39 Å². The second-order valence-corrected chi connectivity index (χ2v) is 4.44. The van der Waals surface area contributed by atoms with Crippen LogP contribution in [0.1, 0.15) is 18.4 Å². The Morgan fingerprint density at radius 2 is 2.22 bits per heavy atom. The topological polar surface area (TPSA) is 40.5 Å². The van der Waals surface area contributed by atoms with Crippen LogP contribution in [0.2, 0.25) is 0 Å². The van der Waals surface area contributed by atoms with E-state index in [-0.39, 0.29) is 11.7 Å². The molecular weight excluding hydrogens is 233 g/mol. The zero-order valence-corrected chi connectivity index (χ0v) is 10.1. The Balaban J connectivity index is 2.01. The molecule has 1 heterocycles. The lowest BCUT2D eigenvalue weighted by molar-refractivity contribution is -0.128. The molecule has 18 heavy (non-hydrogen) atoms. The fourth-order valence-electron chi connectivity index (χ4n) is 2.03. The summed E-state index contributed by atoms with van der Waals surface area (Å²) in [5, 5.41) is 9.48. The molecule has 0 radical (unpaired) electrons. The molecule has 96 valence electrons. The van der Waals surface area contributed by atoms with Crippen LogP contribution in [0.15, 0.2) is 30.3 Å². The van der Waals surface area contributed by atoms with E-state index in [4.69, 9.17) is 0 Å². The van der Waals surface area contributed by atoms with Crippen LogP contribution < -0.4 is 0 Å². The van der Waals surface area contributed by atoms with Gasteiger partial charge in [-0.05, 0) is 25.0 Å². The molecule has 1 aliphatic rings. The summed E-state index contributed by atoms with van der Waals surface area (Å²) in [6, 6.07) is 6.30. The SMILES string of the molecule is O=C(/C=C/c1ccccc1F)N1CCC[C@H](O)C1. The molecule has 0 aromatic heterocycles. The van der Waals surface area contributed by atoms with Crippen LogP contribution in [-0.4, -0.2) is 35.1 Å². The molecule has 1 aromatic carbocycles. The van der Waals surface area contributed by atoms with Crippen molar-refractivity contribution >= 4 is 12.0 Å². The number of β-amino-alcohol motifs (C(OH)–C–C–N with tert-alkyl or cyclic N) is 1. The predicted molar refractivity (Wildman–Crippen MR) is 67.3 cm³/mol. The first kappa shape index (κ1) is 12.8. The zero-order chi connectivity index (χ0) is 13.0. The summed E-state index contributed by atoms with van der Waals surface area (Å²) in [6.45, 7) is 1.01. The Morgan fingerprint density at radius 3 is 2.94 bits per heavy atom. The molecule has 0 saturated carbocycles. The number of aliphatic hydroxyl groups is 1. The molecule has 0 unspecified atom stereocenters. The molecular formula is C14H16FNO2. The normalized spacial score (nSPS) is 20.3. The van der Waals surface area contributed by atoms with Gasteiger partial charge in [-0.1, -0.05) is 18.2 Å². The number of amides is 1. The Hall–Kier alpha value is -1.68. The molecule has 0 bridgehead atoms. The van der Waals surface area contributed by atoms with Crippen LogP contribution in [0, 0.1) is 5.82 Å². The molecule has 0 spiro atoms. The number of benzene rings is 1. The van der Waals surface area contributed by atoms with Crippen LogP contribution in [0.25, 0.3) is 6.08 Å². The van der Waals surface area contributed by atoms with E-state index in [1.807, 2.05) is 0 Å². The number of nitrogens with zero attached hydrogens (tertiary/aromatic N) is 1. The summed E-state index contributed by atoms with van der Waals surface area (Å²) in [5.74, 6) is -0.530. The Labute approximate surface area is 106 Å². The van der Waals surface area contributed by atoms with Crippen molar-refractivity contribution in [2.24, 2.45) is 0 Å². The van der Waals surface area contributed by atoms with Gasteiger partial charge in [0, 0.05) is 24.7 Å². The third kappa shape index (κ3) is 3.17. The fourth-order valence-corrected chi connectivity index (χ4v) is 2.03. The fraction of sp³-hybridized carbons (Fsp3) is 0.357. The average molecular weight is 249 g/mol. The van der Waals surface area contributed by atoms with E-state index in [0.717, 1.165) is 12.8 Å². The molecule has 1 aliphatic heterocycles. The minimum atomic E-state index is -0.440. The van der Waals surface area contributed by atoms with Gasteiger partial charge in [0.15, 0.2) is 0 Å². The number of rotatable bonds is 2. The van der Waals surface area contributed by atoms with Crippen molar-refractivity contribution in [1.82, 2.24) is 4.90 Å². The molecule has 0 aliphatic carbocycles. The van der Waals surface area contributed by atoms with Gasteiger partial charge in [0.25, 0.3) is 0 Å². The number of likely N-dealkylation sites (tertiary alicyclic amines) is 1. The van der Waals surface area contributed by atoms with Gasteiger partial charge < -0.3 is 10.0 Å². The van der Waals surface area contributed by atoms with Gasteiger partial charge in [0.2, 0.25) is 5.91 Å². The second-order valence-electron chi connectivity index (χ2n) is 4.44. The average Bonchev–Trinajstić information content (AvgIpc) is 2.37. The van der Waals surface area contributed by atoms with E-state index in [9.17, 15) is 14.3 Å². The molecule has 3 nitrogen and oxygen atoms in total. The van der Waals surface area contributed by atoms with Crippen molar-refractivity contribution < 1.29 is 14.3 Å². The molecule has 1 fully saturated rings. The molecule has 2 rings (SSSR count). The highest BCUT2D eigenvalue weighted by molar-refractivity contribution is 5.91. The standard InChI is InChI=1S/C14H16FNO2/c15-13-6-2-1-4-11(13)7-8-14(18)16-9-3-5-12(17)10-16/h1-2,4,6-8,12,17H,3,5,9-10H2/b8-7+/t12-/m0/s1. The number of halogens is 1.